The molecule has 1 N–H and O–H groups in total. The van der Waals surface area contributed by atoms with Crippen LogP contribution in [-0.4, -0.2) is 56.8 Å². The van der Waals surface area contributed by atoms with E-state index in [1.54, 1.807) is 14.1 Å². The van der Waals surface area contributed by atoms with Crippen LogP contribution in [0.1, 0.15) is 46.5 Å². The van der Waals surface area contributed by atoms with Crippen molar-refractivity contribution in [3.8, 4) is 0 Å². The van der Waals surface area contributed by atoms with Crippen molar-refractivity contribution in [2.75, 3.05) is 33.7 Å². The minimum atomic E-state index is -3.31. The maximum absolute atomic E-state index is 12.3. The maximum Gasteiger partial charge on any atom is 0.281 e. The zero-order valence-electron chi connectivity index (χ0n) is 13.1. The summed E-state index contributed by atoms with van der Waals surface area (Å²) in [6.45, 7) is 8.56. The second-order valence-corrected chi connectivity index (χ2v) is 7.18. The van der Waals surface area contributed by atoms with Crippen LogP contribution in [0.25, 0.3) is 0 Å². The molecular weight excluding hydrogens is 262 g/mol. The van der Waals surface area contributed by atoms with Crippen molar-refractivity contribution >= 4 is 10.2 Å². The first kappa shape index (κ1) is 18.8. The van der Waals surface area contributed by atoms with Crippen molar-refractivity contribution in [2.45, 2.75) is 52.5 Å². The lowest BCUT2D eigenvalue weighted by Crippen LogP contribution is -2.44. The Labute approximate surface area is 119 Å². The fourth-order valence-electron chi connectivity index (χ4n) is 1.89. The normalized spacial score (nSPS) is 14.3. The van der Waals surface area contributed by atoms with Gasteiger partial charge in [-0.15, -0.1) is 0 Å². The quantitative estimate of drug-likeness (QED) is 0.590. The summed E-state index contributed by atoms with van der Waals surface area (Å²) in [5.74, 6) is 0. The molecule has 1 unspecified atom stereocenters. The van der Waals surface area contributed by atoms with Crippen LogP contribution in [0.3, 0.4) is 0 Å². The Balaban J connectivity index is 4.23. The molecule has 0 saturated heterocycles. The molecule has 116 valence electrons. The molecule has 0 fully saturated rings. The monoisotopic (exact) mass is 293 g/mol. The third kappa shape index (κ3) is 6.70. The Morgan fingerprint density at radius 2 is 1.74 bits per heavy atom. The Kier molecular flexibility index (Phi) is 9.60. The van der Waals surface area contributed by atoms with Crippen LogP contribution in [-0.2, 0) is 10.2 Å². The third-order valence-electron chi connectivity index (χ3n) is 3.34. The molecule has 0 aliphatic carbocycles. The molecule has 0 aromatic carbocycles. The largest absolute Gasteiger partial charge is 0.317 e. The van der Waals surface area contributed by atoms with Gasteiger partial charge in [0.1, 0.15) is 0 Å². The van der Waals surface area contributed by atoms with Gasteiger partial charge >= 0.3 is 0 Å². The zero-order valence-corrected chi connectivity index (χ0v) is 14.0. The van der Waals surface area contributed by atoms with Crippen molar-refractivity contribution in [3.05, 3.63) is 0 Å². The molecule has 0 spiro atoms. The number of hydrogen-bond acceptors (Lipinski definition) is 3. The lowest BCUT2D eigenvalue weighted by Gasteiger charge is -2.28. The van der Waals surface area contributed by atoms with Gasteiger partial charge in [-0.05, 0) is 39.3 Å². The van der Waals surface area contributed by atoms with Gasteiger partial charge in [0.05, 0.1) is 0 Å². The molecule has 0 bridgehead atoms. The molecule has 19 heavy (non-hydrogen) atoms. The fourth-order valence-corrected chi connectivity index (χ4v) is 3.25. The zero-order chi connectivity index (χ0) is 14.9. The van der Waals surface area contributed by atoms with Crippen molar-refractivity contribution in [3.63, 3.8) is 0 Å². The molecule has 0 aromatic heterocycles. The lowest BCUT2D eigenvalue weighted by atomic mass is 10.2. The van der Waals surface area contributed by atoms with Crippen molar-refractivity contribution in [1.82, 2.24) is 13.9 Å². The highest BCUT2D eigenvalue weighted by atomic mass is 32.2. The van der Waals surface area contributed by atoms with Crippen LogP contribution in [0.4, 0.5) is 0 Å². The summed E-state index contributed by atoms with van der Waals surface area (Å²) < 4.78 is 27.5. The second kappa shape index (κ2) is 9.69. The van der Waals surface area contributed by atoms with Gasteiger partial charge in [-0.3, -0.25) is 0 Å². The number of rotatable bonds is 11. The average Bonchev–Trinajstić information content (AvgIpc) is 2.37. The van der Waals surface area contributed by atoms with Crippen LogP contribution < -0.4 is 5.32 Å². The summed E-state index contributed by atoms with van der Waals surface area (Å²) in [5, 5.41) is 3.28. The Morgan fingerprint density at radius 1 is 1.11 bits per heavy atom. The first-order valence-corrected chi connectivity index (χ1v) is 8.67. The predicted octanol–water partition coefficient (Wildman–Crippen LogP) is 1.67. The minimum absolute atomic E-state index is 0.0515. The van der Waals surface area contributed by atoms with Gasteiger partial charge in [0, 0.05) is 26.7 Å². The fraction of sp³-hybridized carbons (Fsp3) is 1.00. The second-order valence-electron chi connectivity index (χ2n) is 5.09. The highest BCUT2D eigenvalue weighted by Gasteiger charge is 2.26. The van der Waals surface area contributed by atoms with Crippen molar-refractivity contribution in [2.24, 2.45) is 0 Å². The van der Waals surface area contributed by atoms with E-state index < -0.39 is 10.2 Å². The lowest BCUT2D eigenvalue weighted by molar-refractivity contribution is 0.330. The molecule has 0 saturated carbocycles. The SMILES string of the molecule is CCCNCCCN(C)S(=O)(=O)N(C)C(C)CCC. The van der Waals surface area contributed by atoms with Gasteiger partial charge in [0.25, 0.3) is 10.2 Å². The van der Waals surface area contributed by atoms with E-state index in [9.17, 15) is 8.42 Å². The molecular formula is C13H31N3O2S. The molecule has 6 heteroatoms. The smallest absolute Gasteiger partial charge is 0.281 e. The summed E-state index contributed by atoms with van der Waals surface area (Å²) in [6, 6.07) is 0.0515. The van der Waals surface area contributed by atoms with Crippen LogP contribution >= 0.6 is 0 Å². The van der Waals surface area contributed by atoms with Gasteiger partial charge < -0.3 is 5.32 Å². The summed E-state index contributed by atoms with van der Waals surface area (Å²) in [4.78, 5) is 0. The van der Waals surface area contributed by atoms with Crippen LogP contribution in [0.2, 0.25) is 0 Å². The van der Waals surface area contributed by atoms with E-state index in [2.05, 4.69) is 19.2 Å². The van der Waals surface area contributed by atoms with E-state index in [4.69, 9.17) is 0 Å². The third-order valence-corrected chi connectivity index (χ3v) is 5.40. The van der Waals surface area contributed by atoms with E-state index in [0.29, 0.717) is 6.54 Å². The molecule has 0 aliphatic rings. The van der Waals surface area contributed by atoms with Gasteiger partial charge in [-0.25, -0.2) is 0 Å². The molecule has 0 rings (SSSR count). The Hall–Kier alpha value is -0.170. The molecule has 0 amide bonds. The Bertz CT molecular complexity index is 320. The van der Waals surface area contributed by atoms with E-state index in [1.165, 1.54) is 8.61 Å². The number of nitrogens with zero attached hydrogens (tertiary/aromatic N) is 2. The average molecular weight is 293 g/mol. The van der Waals surface area contributed by atoms with Crippen molar-refractivity contribution in [1.29, 1.82) is 0 Å². The number of nitrogens with one attached hydrogen (secondary N) is 1. The van der Waals surface area contributed by atoms with Crippen molar-refractivity contribution < 1.29 is 8.42 Å². The molecule has 0 heterocycles. The standard InChI is InChI=1S/C13H31N3O2S/c1-6-9-13(3)16(5)19(17,18)15(4)12-8-11-14-10-7-2/h13-14H,6-12H2,1-5H3. The summed E-state index contributed by atoms with van der Waals surface area (Å²) in [7, 11) is 0.0109. The van der Waals surface area contributed by atoms with E-state index in [0.717, 1.165) is 38.8 Å². The van der Waals surface area contributed by atoms with Gasteiger partial charge in [0.15, 0.2) is 0 Å². The minimum Gasteiger partial charge on any atom is -0.317 e. The topological polar surface area (TPSA) is 52.7 Å². The number of hydrogen-bond donors (Lipinski definition) is 1. The van der Waals surface area contributed by atoms with Crippen LogP contribution in [0.5, 0.6) is 0 Å². The van der Waals surface area contributed by atoms with Crippen LogP contribution in [0.15, 0.2) is 0 Å². The maximum atomic E-state index is 12.3. The van der Waals surface area contributed by atoms with E-state index >= 15 is 0 Å². The highest BCUT2D eigenvalue weighted by molar-refractivity contribution is 7.86. The van der Waals surface area contributed by atoms with Gasteiger partial charge in [-0.1, -0.05) is 20.3 Å². The summed E-state index contributed by atoms with van der Waals surface area (Å²) >= 11 is 0. The Morgan fingerprint density at radius 3 is 2.26 bits per heavy atom. The summed E-state index contributed by atoms with van der Waals surface area (Å²) in [5.41, 5.74) is 0. The van der Waals surface area contributed by atoms with Gasteiger partial charge in [-0.2, -0.15) is 17.0 Å². The first-order valence-electron chi connectivity index (χ1n) is 7.27. The summed E-state index contributed by atoms with van der Waals surface area (Å²) in [6.07, 6.45) is 3.82. The predicted molar refractivity (Wildman–Crippen MR) is 81.5 cm³/mol. The molecule has 1 atom stereocenters. The highest BCUT2D eigenvalue weighted by Crippen LogP contribution is 2.12. The van der Waals surface area contributed by atoms with E-state index in [1.807, 2.05) is 6.92 Å². The van der Waals surface area contributed by atoms with Gasteiger partial charge in [0.2, 0.25) is 0 Å². The first-order chi connectivity index (χ1) is 8.87. The molecule has 0 aliphatic heterocycles. The van der Waals surface area contributed by atoms with Crippen LogP contribution in [0, 0.1) is 0 Å². The van der Waals surface area contributed by atoms with E-state index in [-0.39, 0.29) is 6.04 Å². The molecule has 0 radical (unpaired) electrons. The molecule has 5 nitrogen and oxygen atoms in total. The molecule has 0 aromatic rings.